The minimum absolute atomic E-state index is 0.459. The first-order chi connectivity index (χ1) is 8.61. The van der Waals surface area contributed by atoms with Crippen LogP contribution < -0.4 is 10.1 Å². The van der Waals surface area contributed by atoms with Gasteiger partial charge in [0.25, 0.3) is 0 Å². The highest BCUT2D eigenvalue weighted by atomic mass is 79.9. The maximum atomic E-state index is 6.14. The summed E-state index contributed by atoms with van der Waals surface area (Å²) < 4.78 is 5.70. The molecule has 0 radical (unpaired) electrons. The van der Waals surface area contributed by atoms with E-state index in [-0.39, 0.29) is 0 Å². The van der Waals surface area contributed by atoms with Gasteiger partial charge in [0.15, 0.2) is 0 Å². The fourth-order valence-corrected chi connectivity index (χ4v) is 2.91. The van der Waals surface area contributed by atoms with Crippen LogP contribution in [0.15, 0.2) is 12.1 Å². The highest BCUT2D eigenvalue weighted by Crippen LogP contribution is 2.32. The number of fused-ring (bicyclic) bond motifs is 1. The normalized spacial score (nSPS) is 17.1. The molecule has 1 aromatic carbocycles. The average Bonchev–Trinajstić information content (AvgIpc) is 2.82. The third kappa shape index (κ3) is 3.19. The van der Waals surface area contributed by atoms with E-state index in [1.165, 1.54) is 11.1 Å². The molecule has 1 aliphatic rings. The molecule has 0 aromatic heterocycles. The smallest absolute Gasteiger partial charge is 0.127 e. The number of rotatable bonds is 5. The molecule has 100 valence electrons. The summed E-state index contributed by atoms with van der Waals surface area (Å²) in [6.07, 6.45) is 0.969. The van der Waals surface area contributed by atoms with Crippen LogP contribution in [0.5, 0.6) is 5.75 Å². The summed E-state index contributed by atoms with van der Waals surface area (Å²) in [7, 11) is 0. The van der Waals surface area contributed by atoms with Crippen LogP contribution in [0.25, 0.3) is 0 Å². The van der Waals surface area contributed by atoms with Crippen molar-refractivity contribution < 1.29 is 4.74 Å². The van der Waals surface area contributed by atoms with Crippen molar-refractivity contribution >= 4 is 27.5 Å². The minimum atomic E-state index is 0.459. The molecular formula is C14H19BrClNO. The summed E-state index contributed by atoms with van der Waals surface area (Å²) in [5.41, 5.74) is 2.41. The van der Waals surface area contributed by atoms with E-state index < -0.39 is 0 Å². The lowest BCUT2D eigenvalue weighted by Crippen LogP contribution is -2.32. The third-order valence-electron chi connectivity index (χ3n) is 3.54. The zero-order valence-electron chi connectivity index (χ0n) is 10.8. The Hall–Kier alpha value is -0.250. The van der Waals surface area contributed by atoms with Gasteiger partial charge in [0.05, 0.1) is 6.61 Å². The Morgan fingerprint density at radius 2 is 2.22 bits per heavy atom. The van der Waals surface area contributed by atoms with E-state index in [4.69, 9.17) is 16.3 Å². The topological polar surface area (TPSA) is 21.3 Å². The Bertz CT molecular complexity index is 425. The number of halogens is 2. The van der Waals surface area contributed by atoms with Crippen molar-refractivity contribution in [1.29, 1.82) is 0 Å². The molecule has 0 amide bonds. The van der Waals surface area contributed by atoms with Gasteiger partial charge in [-0.1, -0.05) is 34.5 Å². The third-order valence-corrected chi connectivity index (χ3v) is 4.78. The number of ether oxygens (including phenoxy) is 1. The molecular weight excluding hydrogens is 314 g/mol. The number of alkyl halides is 1. The van der Waals surface area contributed by atoms with Crippen LogP contribution in [-0.2, 0) is 13.0 Å². The standard InChI is InChI=1S/C14H19BrClNO/c1-9(7-15)10(2)17-8-12-6-13(16)5-11-3-4-18-14(11)12/h5-6,9-10,17H,3-4,7-8H2,1-2H3. The van der Waals surface area contributed by atoms with Gasteiger partial charge in [0.1, 0.15) is 5.75 Å². The van der Waals surface area contributed by atoms with Crippen molar-refractivity contribution in [2.75, 3.05) is 11.9 Å². The van der Waals surface area contributed by atoms with Gasteiger partial charge in [0, 0.05) is 34.9 Å². The van der Waals surface area contributed by atoms with Crippen molar-refractivity contribution in [2.24, 2.45) is 5.92 Å². The Balaban J connectivity index is 2.06. The second-order valence-corrected chi connectivity index (χ2v) is 6.04. The fraction of sp³-hybridized carbons (Fsp3) is 0.571. The van der Waals surface area contributed by atoms with E-state index in [0.717, 1.165) is 35.7 Å². The molecule has 2 rings (SSSR count). The van der Waals surface area contributed by atoms with Crippen LogP contribution in [0.4, 0.5) is 0 Å². The summed E-state index contributed by atoms with van der Waals surface area (Å²) in [5.74, 6) is 1.63. The average molecular weight is 333 g/mol. The van der Waals surface area contributed by atoms with E-state index in [1.807, 2.05) is 12.1 Å². The van der Waals surface area contributed by atoms with Gasteiger partial charge in [-0.3, -0.25) is 0 Å². The number of hydrogen-bond donors (Lipinski definition) is 1. The van der Waals surface area contributed by atoms with E-state index >= 15 is 0 Å². The molecule has 1 heterocycles. The van der Waals surface area contributed by atoms with Crippen molar-refractivity contribution in [3.8, 4) is 5.75 Å². The Morgan fingerprint density at radius 3 is 2.94 bits per heavy atom. The largest absolute Gasteiger partial charge is 0.493 e. The van der Waals surface area contributed by atoms with E-state index in [9.17, 15) is 0 Å². The molecule has 2 unspecified atom stereocenters. The van der Waals surface area contributed by atoms with E-state index in [2.05, 4.69) is 35.1 Å². The SMILES string of the molecule is CC(CBr)C(C)NCc1cc(Cl)cc2c1OCC2. The van der Waals surface area contributed by atoms with Crippen LogP contribution in [0, 0.1) is 5.92 Å². The van der Waals surface area contributed by atoms with Crippen LogP contribution >= 0.6 is 27.5 Å². The summed E-state index contributed by atoms with van der Waals surface area (Å²) >= 11 is 9.66. The fourth-order valence-electron chi connectivity index (χ4n) is 2.08. The predicted molar refractivity (Wildman–Crippen MR) is 79.9 cm³/mol. The molecule has 1 aliphatic heterocycles. The zero-order valence-corrected chi connectivity index (χ0v) is 13.1. The molecule has 4 heteroatoms. The highest BCUT2D eigenvalue weighted by molar-refractivity contribution is 9.09. The molecule has 0 bridgehead atoms. The van der Waals surface area contributed by atoms with Gasteiger partial charge in [-0.2, -0.15) is 0 Å². The van der Waals surface area contributed by atoms with Gasteiger partial charge in [-0.15, -0.1) is 0 Å². The molecule has 18 heavy (non-hydrogen) atoms. The van der Waals surface area contributed by atoms with Gasteiger partial charge in [0.2, 0.25) is 0 Å². The van der Waals surface area contributed by atoms with Crippen LogP contribution in [0.2, 0.25) is 5.02 Å². The van der Waals surface area contributed by atoms with Crippen molar-refractivity contribution in [3.63, 3.8) is 0 Å². The lowest BCUT2D eigenvalue weighted by atomic mass is 10.0. The van der Waals surface area contributed by atoms with Gasteiger partial charge < -0.3 is 10.1 Å². The molecule has 2 atom stereocenters. The predicted octanol–water partition coefficient (Wildman–Crippen LogP) is 3.78. The van der Waals surface area contributed by atoms with Gasteiger partial charge in [-0.05, 0) is 30.5 Å². The molecule has 1 N–H and O–H groups in total. The minimum Gasteiger partial charge on any atom is -0.493 e. The Morgan fingerprint density at radius 1 is 1.44 bits per heavy atom. The summed E-state index contributed by atoms with van der Waals surface area (Å²) in [4.78, 5) is 0. The summed E-state index contributed by atoms with van der Waals surface area (Å²) in [6.45, 7) is 6.01. The summed E-state index contributed by atoms with van der Waals surface area (Å²) in [5, 5.41) is 5.35. The Kier molecular flexibility index (Phi) is 4.93. The molecule has 0 spiro atoms. The highest BCUT2D eigenvalue weighted by Gasteiger charge is 2.18. The second kappa shape index (κ2) is 6.27. The van der Waals surface area contributed by atoms with E-state index in [0.29, 0.717) is 12.0 Å². The molecule has 2 nitrogen and oxygen atoms in total. The molecule has 0 aliphatic carbocycles. The van der Waals surface area contributed by atoms with Crippen LogP contribution in [-0.4, -0.2) is 18.0 Å². The molecule has 0 fully saturated rings. The number of benzene rings is 1. The number of hydrogen-bond acceptors (Lipinski definition) is 2. The monoisotopic (exact) mass is 331 g/mol. The molecule has 0 saturated carbocycles. The quantitative estimate of drug-likeness (QED) is 0.829. The maximum absolute atomic E-state index is 6.14. The van der Waals surface area contributed by atoms with Gasteiger partial charge in [-0.25, -0.2) is 0 Å². The van der Waals surface area contributed by atoms with E-state index in [1.54, 1.807) is 0 Å². The first kappa shape index (κ1) is 14.2. The van der Waals surface area contributed by atoms with Crippen molar-refractivity contribution in [2.45, 2.75) is 32.9 Å². The molecule has 0 saturated heterocycles. The second-order valence-electron chi connectivity index (χ2n) is 4.95. The lowest BCUT2D eigenvalue weighted by molar-refractivity contribution is 0.350. The van der Waals surface area contributed by atoms with Gasteiger partial charge >= 0.3 is 0 Å². The van der Waals surface area contributed by atoms with Crippen LogP contribution in [0.3, 0.4) is 0 Å². The maximum Gasteiger partial charge on any atom is 0.127 e. The zero-order chi connectivity index (χ0) is 13.1. The Labute approximate surface area is 122 Å². The lowest BCUT2D eigenvalue weighted by Gasteiger charge is -2.20. The van der Waals surface area contributed by atoms with Crippen LogP contribution in [0.1, 0.15) is 25.0 Å². The number of nitrogens with one attached hydrogen (secondary N) is 1. The molecule has 1 aromatic rings. The summed E-state index contributed by atoms with van der Waals surface area (Å²) in [6, 6.07) is 4.47. The first-order valence-electron chi connectivity index (χ1n) is 6.35. The first-order valence-corrected chi connectivity index (χ1v) is 7.85. The van der Waals surface area contributed by atoms with Crippen molar-refractivity contribution in [1.82, 2.24) is 5.32 Å². The van der Waals surface area contributed by atoms with Crippen molar-refractivity contribution in [3.05, 3.63) is 28.3 Å².